The van der Waals surface area contributed by atoms with Gasteiger partial charge >= 0.3 is 0 Å². The topological polar surface area (TPSA) is 29.3 Å². The van der Waals surface area contributed by atoms with Gasteiger partial charge in [-0.15, -0.1) is 6.42 Å². The third-order valence-electron chi connectivity index (χ3n) is 1.21. The molecule has 0 amide bonds. The van der Waals surface area contributed by atoms with E-state index in [0.717, 1.165) is 13.1 Å². The lowest BCUT2D eigenvalue weighted by Crippen LogP contribution is -2.29. The molecule has 0 spiro atoms. The second kappa shape index (κ2) is 5.61. The van der Waals surface area contributed by atoms with Crippen LogP contribution in [-0.4, -0.2) is 31.1 Å². The molecule has 2 heteroatoms. The zero-order chi connectivity index (χ0) is 7.11. The van der Waals surface area contributed by atoms with Crippen molar-refractivity contribution in [1.29, 1.82) is 0 Å². The largest absolute Gasteiger partial charge is 0.329 e. The molecule has 0 radical (unpaired) electrons. The highest BCUT2D eigenvalue weighted by atomic mass is 15.1. The van der Waals surface area contributed by atoms with Gasteiger partial charge in [-0.2, -0.15) is 0 Å². The Morgan fingerprint density at radius 3 is 2.67 bits per heavy atom. The Bertz CT molecular complexity index is 93.6. The summed E-state index contributed by atoms with van der Waals surface area (Å²) in [5, 5.41) is 0. The number of terminal acetylenes is 1. The van der Waals surface area contributed by atoms with Crippen LogP contribution in [0.5, 0.6) is 0 Å². The summed E-state index contributed by atoms with van der Waals surface area (Å²) in [7, 11) is 0. The quantitative estimate of drug-likeness (QED) is 0.533. The van der Waals surface area contributed by atoms with Crippen LogP contribution in [0.3, 0.4) is 0 Å². The summed E-state index contributed by atoms with van der Waals surface area (Å²) >= 11 is 0. The summed E-state index contributed by atoms with van der Waals surface area (Å²) in [5.41, 5.74) is 5.32. The number of nitrogens with zero attached hydrogens (tertiary/aromatic N) is 1. The molecule has 0 heterocycles. The van der Waals surface area contributed by atoms with Crippen molar-refractivity contribution in [2.45, 2.75) is 6.92 Å². The smallest absolute Gasteiger partial charge is 0.0599 e. The van der Waals surface area contributed by atoms with Gasteiger partial charge in [-0.25, -0.2) is 0 Å². The van der Waals surface area contributed by atoms with Gasteiger partial charge in [0.05, 0.1) is 6.54 Å². The van der Waals surface area contributed by atoms with Crippen LogP contribution in [0.15, 0.2) is 0 Å². The summed E-state index contributed by atoms with van der Waals surface area (Å²) in [5.74, 6) is 2.57. The standard InChI is InChI=1S/C7H14N2/c1-3-6-9(4-2)7-5-8/h1H,4-8H2,2H3. The molecule has 0 fully saturated rings. The van der Waals surface area contributed by atoms with E-state index in [-0.39, 0.29) is 0 Å². The number of hydrogen-bond acceptors (Lipinski definition) is 2. The van der Waals surface area contributed by atoms with Crippen LogP contribution in [0.25, 0.3) is 0 Å². The van der Waals surface area contributed by atoms with Gasteiger partial charge in [0.2, 0.25) is 0 Å². The van der Waals surface area contributed by atoms with Crippen molar-refractivity contribution < 1.29 is 0 Å². The maximum Gasteiger partial charge on any atom is 0.0599 e. The van der Waals surface area contributed by atoms with Crippen molar-refractivity contribution in [2.75, 3.05) is 26.2 Å². The lowest BCUT2D eigenvalue weighted by molar-refractivity contribution is 0.333. The molecule has 9 heavy (non-hydrogen) atoms. The third-order valence-corrected chi connectivity index (χ3v) is 1.21. The first kappa shape index (κ1) is 8.48. The van der Waals surface area contributed by atoms with Crippen LogP contribution >= 0.6 is 0 Å². The molecule has 0 atom stereocenters. The second-order valence-electron chi connectivity index (χ2n) is 1.86. The normalized spacial score (nSPS) is 9.56. The van der Waals surface area contributed by atoms with Crippen molar-refractivity contribution >= 4 is 0 Å². The predicted molar refractivity (Wildman–Crippen MR) is 40.0 cm³/mol. The summed E-state index contributed by atoms with van der Waals surface area (Å²) < 4.78 is 0. The monoisotopic (exact) mass is 126 g/mol. The fourth-order valence-corrected chi connectivity index (χ4v) is 0.661. The van der Waals surface area contributed by atoms with Crippen molar-refractivity contribution in [3.63, 3.8) is 0 Å². The Balaban J connectivity index is 3.32. The minimum Gasteiger partial charge on any atom is -0.329 e. The molecule has 52 valence electrons. The summed E-state index contributed by atoms with van der Waals surface area (Å²) in [6.45, 7) is 5.37. The number of likely N-dealkylation sites (N-methyl/N-ethyl adjacent to an activating group) is 1. The molecule has 0 aliphatic heterocycles. The van der Waals surface area contributed by atoms with E-state index >= 15 is 0 Å². The van der Waals surface area contributed by atoms with E-state index in [1.54, 1.807) is 0 Å². The second-order valence-corrected chi connectivity index (χ2v) is 1.86. The van der Waals surface area contributed by atoms with Crippen LogP contribution < -0.4 is 5.73 Å². The molecule has 0 saturated carbocycles. The van der Waals surface area contributed by atoms with E-state index in [1.807, 2.05) is 0 Å². The molecule has 0 aromatic heterocycles. The molecule has 0 rings (SSSR count). The highest BCUT2D eigenvalue weighted by Crippen LogP contribution is 1.82. The Labute approximate surface area is 57.0 Å². The van der Waals surface area contributed by atoms with E-state index in [4.69, 9.17) is 12.2 Å². The van der Waals surface area contributed by atoms with Gasteiger partial charge in [0.25, 0.3) is 0 Å². The summed E-state index contributed by atoms with van der Waals surface area (Å²) in [6, 6.07) is 0. The molecular weight excluding hydrogens is 112 g/mol. The zero-order valence-electron chi connectivity index (χ0n) is 5.93. The minimum absolute atomic E-state index is 0.690. The zero-order valence-corrected chi connectivity index (χ0v) is 5.93. The molecule has 0 aliphatic rings. The number of hydrogen-bond donors (Lipinski definition) is 1. The van der Waals surface area contributed by atoms with E-state index < -0.39 is 0 Å². The SMILES string of the molecule is C#CCN(CC)CCN. The summed E-state index contributed by atoms with van der Waals surface area (Å²) in [4.78, 5) is 2.12. The minimum atomic E-state index is 0.690. The first-order valence-electron chi connectivity index (χ1n) is 3.21. The number of nitrogens with two attached hydrogens (primary N) is 1. The van der Waals surface area contributed by atoms with E-state index in [0.29, 0.717) is 13.1 Å². The van der Waals surface area contributed by atoms with Crippen LogP contribution in [0.4, 0.5) is 0 Å². The molecule has 2 N–H and O–H groups in total. The highest BCUT2D eigenvalue weighted by molar-refractivity contribution is 4.87. The highest BCUT2D eigenvalue weighted by Gasteiger charge is 1.94. The molecule has 0 aliphatic carbocycles. The van der Waals surface area contributed by atoms with Crippen molar-refractivity contribution in [2.24, 2.45) is 5.73 Å². The van der Waals surface area contributed by atoms with E-state index in [1.165, 1.54) is 0 Å². The fraction of sp³-hybridized carbons (Fsp3) is 0.714. The van der Waals surface area contributed by atoms with Crippen LogP contribution in [0.2, 0.25) is 0 Å². The molecule has 0 aromatic rings. The molecule has 0 bridgehead atoms. The van der Waals surface area contributed by atoms with Crippen LogP contribution in [-0.2, 0) is 0 Å². The van der Waals surface area contributed by atoms with E-state index in [9.17, 15) is 0 Å². The molecule has 0 aromatic carbocycles. The Hall–Kier alpha value is -0.520. The number of rotatable bonds is 4. The van der Waals surface area contributed by atoms with Crippen molar-refractivity contribution in [3.05, 3.63) is 0 Å². The van der Waals surface area contributed by atoms with Crippen molar-refractivity contribution in [3.8, 4) is 12.3 Å². The van der Waals surface area contributed by atoms with Gasteiger partial charge in [-0.05, 0) is 6.54 Å². The van der Waals surface area contributed by atoms with Gasteiger partial charge in [0.15, 0.2) is 0 Å². The van der Waals surface area contributed by atoms with Gasteiger partial charge in [0, 0.05) is 13.1 Å². The average molecular weight is 126 g/mol. The van der Waals surface area contributed by atoms with Gasteiger partial charge in [-0.1, -0.05) is 12.8 Å². The average Bonchev–Trinajstić information content (AvgIpc) is 1.88. The first-order valence-corrected chi connectivity index (χ1v) is 3.21. The maximum atomic E-state index is 5.32. The van der Waals surface area contributed by atoms with Gasteiger partial charge < -0.3 is 5.73 Å². The Kier molecular flexibility index (Phi) is 5.29. The van der Waals surface area contributed by atoms with E-state index in [2.05, 4.69) is 17.7 Å². The lowest BCUT2D eigenvalue weighted by Gasteiger charge is -2.14. The predicted octanol–water partition coefficient (Wildman–Crippen LogP) is -0.0998. The molecular formula is C7H14N2. The van der Waals surface area contributed by atoms with Gasteiger partial charge in [0.1, 0.15) is 0 Å². The van der Waals surface area contributed by atoms with Crippen molar-refractivity contribution in [1.82, 2.24) is 4.90 Å². The first-order chi connectivity index (χ1) is 4.35. The van der Waals surface area contributed by atoms with Gasteiger partial charge in [-0.3, -0.25) is 4.90 Å². The summed E-state index contributed by atoms with van der Waals surface area (Å²) in [6.07, 6.45) is 5.10. The molecule has 0 unspecified atom stereocenters. The Morgan fingerprint density at radius 2 is 2.33 bits per heavy atom. The molecule has 0 saturated heterocycles. The fourth-order valence-electron chi connectivity index (χ4n) is 0.661. The van der Waals surface area contributed by atoms with Crippen LogP contribution in [0, 0.1) is 12.3 Å². The lowest BCUT2D eigenvalue weighted by atomic mass is 10.4. The van der Waals surface area contributed by atoms with Crippen LogP contribution in [0.1, 0.15) is 6.92 Å². The molecule has 2 nitrogen and oxygen atoms in total. The maximum absolute atomic E-state index is 5.32. The Morgan fingerprint density at radius 1 is 1.67 bits per heavy atom. The third kappa shape index (κ3) is 4.01.